The van der Waals surface area contributed by atoms with Crippen LogP contribution in [-0.4, -0.2) is 18.5 Å². The topological polar surface area (TPSA) is 54.4 Å². The molecule has 0 bridgehead atoms. The minimum atomic E-state index is -5.84. The van der Waals surface area contributed by atoms with Crippen molar-refractivity contribution in [2.75, 3.05) is 0 Å². The first kappa shape index (κ1) is 22.9. The van der Waals surface area contributed by atoms with E-state index in [4.69, 9.17) is 13.0 Å². The molecule has 0 radical (unpaired) electrons. The van der Waals surface area contributed by atoms with Gasteiger partial charge in [-0.05, 0) is 34.7 Å². The maximum Gasteiger partial charge on any atom is 0.522 e. The lowest BCUT2D eigenvalue weighted by molar-refractivity contribution is -0.0510. The summed E-state index contributed by atoms with van der Waals surface area (Å²) in [6.07, 6.45) is 16.0. The second-order valence-corrected chi connectivity index (χ2v) is 4.88. The Hall–Kier alpha value is -1.23. The summed E-state index contributed by atoms with van der Waals surface area (Å²) in [6.45, 7) is 0. The van der Waals surface area contributed by atoms with Crippen molar-refractivity contribution in [2.45, 2.75) is 5.51 Å². The summed E-state index contributed by atoms with van der Waals surface area (Å²) in [6, 6.07) is 10.2. The van der Waals surface area contributed by atoms with E-state index < -0.39 is 15.6 Å². The minimum Gasteiger partial charge on any atom is -0.279 e. The summed E-state index contributed by atoms with van der Waals surface area (Å²) >= 11 is 2.28. The van der Waals surface area contributed by atoms with Gasteiger partial charge >= 0.3 is 15.6 Å². The van der Waals surface area contributed by atoms with Crippen LogP contribution in [0.15, 0.2) is 30.3 Å². The van der Waals surface area contributed by atoms with Gasteiger partial charge in [0.15, 0.2) is 0 Å². The molecule has 0 saturated heterocycles. The monoisotopic (exact) mass is 406 g/mol. The van der Waals surface area contributed by atoms with Gasteiger partial charge in [-0.25, -0.2) is 0 Å². The Kier molecular flexibility index (Phi) is 14.3. The van der Waals surface area contributed by atoms with E-state index in [2.05, 4.69) is 60.4 Å². The smallest absolute Gasteiger partial charge is 0.279 e. The van der Waals surface area contributed by atoms with E-state index in [1.807, 2.05) is 18.2 Å². The van der Waals surface area contributed by atoms with Crippen LogP contribution < -0.4 is 0 Å². The van der Waals surface area contributed by atoms with Crippen molar-refractivity contribution in [3.8, 4) is 25.7 Å². The Morgan fingerprint density at radius 2 is 1.26 bits per heavy atom. The van der Waals surface area contributed by atoms with E-state index >= 15 is 0 Å². The van der Waals surface area contributed by atoms with Gasteiger partial charge < -0.3 is 0 Å². The summed E-state index contributed by atoms with van der Waals surface area (Å²) in [5, 5.41) is 0. The molecule has 0 aliphatic carbocycles. The van der Waals surface area contributed by atoms with Crippen molar-refractivity contribution in [3.05, 3.63) is 33.9 Å². The molecule has 19 heavy (non-hydrogen) atoms. The lowest BCUT2D eigenvalue weighted by atomic mass is 10.4. The molecule has 1 aromatic rings. The van der Waals surface area contributed by atoms with E-state index in [-0.39, 0.29) is 0 Å². The van der Waals surface area contributed by atoms with Crippen LogP contribution in [0.3, 0.4) is 0 Å². The highest BCUT2D eigenvalue weighted by atomic mass is 127. The van der Waals surface area contributed by atoms with E-state index in [9.17, 15) is 13.2 Å². The molecule has 1 N–H and O–H groups in total. The van der Waals surface area contributed by atoms with Gasteiger partial charge in [0.1, 0.15) is 0 Å². The number of rotatable bonds is 0. The van der Waals surface area contributed by atoms with Crippen molar-refractivity contribution in [3.63, 3.8) is 0 Å². The van der Waals surface area contributed by atoms with Crippen LogP contribution in [0.4, 0.5) is 13.2 Å². The zero-order chi connectivity index (χ0) is 16.1. The average molecular weight is 406 g/mol. The van der Waals surface area contributed by atoms with Crippen LogP contribution in [0.5, 0.6) is 0 Å². The highest BCUT2D eigenvalue weighted by Gasteiger charge is 2.44. The average Bonchev–Trinajstić information content (AvgIpc) is 2.33. The third-order valence-corrected chi connectivity index (χ3v) is 2.33. The maximum atomic E-state index is 10.7. The highest BCUT2D eigenvalue weighted by molar-refractivity contribution is 14.1. The molecule has 0 spiro atoms. The van der Waals surface area contributed by atoms with Gasteiger partial charge in [-0.15, -0.1) is 25.7 Å². The second kappa shape index (κ2) is 11.8. The Morgan fingerprint density at radius 1 is 1.00 bits per heavy atom. The van der Waals surface area contributed by atoms with E-state index in [0.29, 0.717) is 0 Å². The molecule has 1 rings (SSSR count). The predicted octanol–water partition coefficient (Wildman–Crippen LogP) is 3.18. The molecule has 0 unspecified atom stereocenters. The third-order valence-electron chi connectivity index (χ3n) is 1.03. The van der Waals surface area contributed by atoms with Crippen LogP contribution in [-0.2, 0) is 10.1 Å². The molecular weight excluding hydrogens is 396 g/mol. The van der Waals surface area contributed by atoms with E-state index in [1.54, 1.807) is 0 Å². The minimum absolute atomic E-state index is 1.29. The molecule has 0 saturated carbocycles. The fraction of sp³-hybridized carbons (Fsp3) is 0.0909. The SMILES string of the molecule is C#C.C#C.Ic1ccccc1.O=S(=O)(O)C(F)(F)F. The third kappa shape index (κ3) is 14.7. The number of terminal acetylenes is 2. The van der Waals surface area contributed by atoms with Gasteiger partial charge in [0.2, 0.25) is 0 Å². The van der Waals surface area contributed by atoms with Crippen LogP contribution in [0.2, 0.25) is 0 Å². The van der Waals surface area contributed by atoms with Crippen molar-refractivity contribution in [2.24, 2.45) is 0 Å². The van der Waals surface area contributed by atoms with Gasteiger partial charge in [-0.2, -0.15) is 21.6 Å². The summed E-state index contributed by atoms with van der Waals surface area (Å²) in [5.74, 6) is 0. The lowest BCUT2D eigenvalue weighted by Crippen LogP contribution is -2.21. The predicted molar refractivity (Wildman–Crippen MR) is 76.5 cm³/mol. The Labute approximate surface area is 124 Å². The fourth-order valence-electron chi connectivity index (χ4n) is 0.415. The summed E-state index contributed by atoms with van der Waals surface area (Å²) < 4.78 is 58.8. The molecule has 0 aliphatic rings. The number of halogens is 4. The van der Waals surface area contributed by atoms with Crippen LogP contribution in [0.25, 0.3) is 0 Å². The molecule has 0 fully saturated rings. The molecule has 0 aliphatic heterocycles. The van der Waals surface area contributed by atoms with Crippen LogP contribution >= 0.6 is 22.6 Å². The first-order valence-electron chi connectivity index (χ1n) is 4.05. The Balaban J connectivity index is -0.000000214. The Bertz CT molecular complexity index is 458. The molecule has 0 aromatic heterocycles. The number of benzene rings is 1. The molecule has 106 valence electrons. The van der Waals surface area contributed by atoms with Gasteiger partial charge in [0, 0.05) is 3.57 Å². The van der Waals surface area contributed by atoms with Crippen molar-refractivity contribution >= 4 is 32.7 Å². The summed E-state index contributed by atoms with van der Waals surface area (Å²) in [4.78, 5) is 0. The van der Waals surface area contributed by atoms with E-state index in [1.165, 1.54) is 3.57 Å². The van der Waals surface area contributed by atoms with Gasteiger partial charge in [0.05, 0.1) is 0 Å². The molecule has 0 atom stereocenters. The first-order chi connectivity index (χ1) is 8.64. The molecule has 1 aromatic carbocycles. The normalized spacial score (nSPS) is 9.32. The van der Waals surface area contributed by atoms with Crippen molar-refractivity contribution in [1.29, 1.82) is 0 Å². The standard InChI is InChI=1S/C6H5I.2C2H2.CHF3O3S/c7-6-4-2-1-3-5-6;2*1-2;2-1(3,4)8(5,6)7/h1-5H;2*1-2H;(H,5,6,7). The summed E-state index contributed by atoms with van der Waals surface area (Å²) in [7, 11) is -5.84. The zero-order valence-electron chi connectivity index (χ0n) is 9.38. The number of hydrogen-bond acceptors (Lipinski definition) is 2. The van der Waals surface area contributed by atoms with Crippen LogP contribution in [0.1, 0.15) is 0 Å². The van der Waals surface area contributed by atoms with Gasteiger partial charge in [-0.1, -0.05) is 18.2 Å². The Morgan fingerprint density at radius 3 is 1.37 bits per heavy atom. The largest absolute Gasteiger partial charge is 0.522 e. The molecule has 0 heterocycles. The van der Waals surface area contributed by atoms with Crippen LogP contribution in [0, 0.1) is 29.3 Å². The number of hydrogen-bond donors (Lipinski definition) is 1. The fourth-order valence-corrected chi connectivity index (χ4v) is 0.830. The zero-order valence-corrected chi connectivity index (χ0v) is 12.4. The van der Waals surface area contributed by atoms with Crippen molar-refractivity contribution < 1.29 is 26.1 Å². The van der Waals surface area contributed by atoms with Gasteiger partial charge in [-0.3, -0.25) is 4.55 Å². The summed E-state index contributed by atoms with van der Waals surface area (Å²) in [5.41, 5.74) is -5.53. The molecule has 3 nitrogen and oxygen atoms in total. The molecule has 0 amide bonds. The second-order valence-electron chi connectivity index (χ2n) is 2.22. The quantitative estimate of drug-likeness (QED) is 0.312. The van der Waals surface area contributed by atoms with Gasteiger partial charge in [0.25, 0.3) is 0 Å². The van der Waals surface area contributed by atoms with Crippen molar-refractivity contribution in [1.82, 2.24) is 0 Å². The maximum absolute atomic E-state index is 10.7. The lowest BCUT2D eigenvalue weighted by Gasteiger charge is -1.97. The molecule has 8 heteroatoms. The number of alkyl halides is 3. The first-order valence-corrected chi connectivity index (χ1v) is 6.57. The molecular formula is C11H10F3IO3S. The highest BCUT2D eigenvalue weighted by Crippen LogP contribution is 2.20. The van der Waals surface area contributed by atoms with E-state index in [0.717, 1.165) is 0 Å².